The number of nitrogens with zero attached hydrogens (tertiary/aromatic N) is 1. The van der Waals surface area contributed by atoms with Crippen molar-refractivity contribution in [2.24, 2.45) is 11.5 Å². The van der Waals surface area contributed by atoms with E-state index in [-0.39, 0.29) is 17.1 Å². The van der Waals surface area contributed by atoms with Crippen LogP contribution < -0.4 is 21.5 Å². The standard InChI is InChI=1S/C17H16F2N4O2/c1-25-10-4-5-11(13(19)9-10)14(20)6-7-15(21)23-17(24)16-12(18)3-2-8-22-16/h2-9H,20-21H2,1H3,(H,23,24)/b14-6-,15-7+. The Balaban J connectivity index is 2.13. The maximum Gasteiger partial charge on any atom is 0.278 e. The monoisotopic (exact) mass is 346 g/mol. The molecule has 0 saturated carbocycles. The van der Waals surface area contributed by atoms with Crippen LogP contribution in [-0.4, -0.2) is 18.0 Å². The molecule has 0 fully saturated rings. The summed E-state index contributed by atoms with van der Waals surface area (Å²) in [5.41, 5.74) is 11.3. The molecule has 2 aromatic rings. The summed E-state index contributed by atoms with van der Waals surface area (Å²) >= 11 is 0. The highest BCUT2D eigenvalue weighted by Gasteiger charge is 2.12. The van der Waals surface area contributed by atoms with Crippen LogP contribution in [0.5, 0.6) is 5.75 Å². The molecule has 0 aliphatic heterocycles. The highest BCUT2D eigenvalue weighted by Crippen LogP contribution is 2.20. The quantitative estimate of drug-likeness (QED) is 0.718. The van der Waals surface area contributed by atoms with Crippen LogP contribution in [0.2, 0.25) is 0 Å². The summed E-state index contributed by atoms with van der Waals surface area (Å²) in [5, 5.41) is 2.26. The van der Waals surface area contributed by atoms with E-state index in [4.69, 9.17) is 16.2 Å². The molecule has 0 bridgehead atoms. The van der Waals surface area contributed by atoms with Gasteiger partial charge >= 0.3 is 0 Å². The SMILES string of the molecule is COc1ccc(/C(N)=C/C=C(\N)NC(=O)c2ncccc2F)c(F)c1. The molecule has 0 spiro atoms. The molecule has 2 rings (SSSR count). The molecule has 0 atom stereocenters. The number of benzene rings is 1. The van der Waals surface area contributed by atoms with Gasteiger partial charge in [0.25, 0.3) is 5.91 Å². The molecule has 6 nitrogen and oxygen atoms in total. The zero-order valence-corrected chi connectivity index (χ0v) is 13.3. The Morgan fingerprint density at radius 1 is 1.20 bits per heavy atom. The first-order valence-corrected chi connectivity index (χ1v) is 7.11. The molecule has 1 heterocycles. The zero-order valence-electron chi connectivity index (χ0n) is 13.3. The van der Waals surface area contributed by atoms with Gasteiger partial charge in [0.2, 0.25) is 0 Å². The summed E-state index contributed by atoms with van der Waals surface area (Å²) in [5.74, 6) is -1.90. The van der Waals surface area contributed by atoms with E-state index >= 15 is 0 Å². The van der Waals surface area contributed by atoms with Crippen molar-refractivity contribution in [1.82, 2.24) is 10.3 Å². The van der Waals surface area contributed by atoms with Crippen LogP contribution >= 0.6 is 0 Å². The van der Waals surface area contributed by atoms with E-state index in [0.29, 0.717) is 5.75 Å². The molecule has 1 aromatic carbocycles. The average molecular weight is 346 g/mol. The molecule has 0 aliphatic carbocycles. The van der Waals surface area contributed by atoms with E-state index < -0.39 is 23.2 Å². The number of methoxy groups -OCH3 is 1. The lowest BCUT2D eigenvalue weighted by molar-refractivity contribution is 0.0956. The summed E-state index contributed by atoms with van der Waals surface area (Å²) in [6.07, 6.45) is 3.86. The van der Waals surface area contributed by atoms with Crippen LogP contribution in [0.25, 0.3) is 5.70 Å². The van der Waals surface area contributed by atoms with Gasteiger partial charge in [0.1, 0.15) is 17.4 Å². The maximum atomic E-state index is 13.9. The number of halogens is 2. The molecule has 0 saturated heterocycles. The predicted molar refractivity (Wildman–Crippen MR) is 89.0 cm³/mol. The normalized spacial score (nSPS) is 12.0. The van der Waals surface area contributed by atoms with Gasteiger partial charge in [0.15, 0.2) is 11.5 Å². The number of hydrogen-bond donors (Lipinski definition) is 3. The average Bonchev–Trinajstić information content (AvgIpc) is 2.59. The Morgan fingerprint density at radius 2 is 1.96 bits per heavy atom. The van der Waals surface area contributed by atoms with Crippen LogP contribution in [0, 0.1) is 11.6 Å². The van der Waals surface area contributed by atoms with Gasteiger partial charge in [-0.05, 0) is 36.4 Å². The number of carbonyl (C=O) groups excluding carboxylic acids is 1. The Bertz CT molecular complexity index is 850. The van der Waals surface area contributed by atoms with Gasteiger partial charge < -0.3 is 21.5 Å². The number of carbonyl (C=O) groups is 1. The van der Waals surface area contributed by atoms with E-state index in [1.165, 1.54) is 43.7 Å². The first-order valence-electron chi connectivity index (χ1n) is 7.11. The highest BCUT2D eigenvalue weighted by molar-refractivity contribution is 5.93. The lowest BCUT2D eigenvalue weighted by Crippen LogP contribution is -2.28. The molecule has 25 heavy (non-hydrogen) atoms. The zero-order chi connectivity index (χ0) is 18.4. The number of hydrogen-bond acceptors (Lipinski definition) is 5. The highest BCUT2D eigenvalue weighted by atomic mass is 19.1. The van der Waals surface area contributed by atoms with Gasteiger partial charge in [0.05, 0.1) is 7.11 Å². The molecular formula is C17H16F2N4O2. The van der Waals surface area contributed by atoms with Gasteiger partial charge in [-0.3, -0.25) is 4.79 Å². The third kappa shape index (κ3) is 4.54. The summed E-state index contributed by atoms with van der Waals surface area (Å²) in [4.78, 5) is 15.5. The molecule has 0 unspecified atom stereocenters. The van der Waals surface area contributed by atoms with Crippen LogP contribution in [0.15, 0.2) is 54.5 Å². The van der Waals surface area contributed by atoms with E-state index in [1.54, 1.807) is 6.07 Å². The van der Waals surface area contributed by atoms with Crippen molar-refractivity contribution >= 4 is 11.6 Å². The fraction of sp³-hybridized carbons (Fsp3) is 0.0588. The topological polar surface area (TPSA) is 103 Å². The van der Waals surface area contributed by atoms with E-state index in [9.17, 15) is 13.6 Å². The van der Waals surface area contributed by atoms with Crippen LogP contribution in [0.3, 0.4) is 0 Å². The van der Waals surface area contributed by atoms with Gasteiger partial charge in [-0.2, -0.15) is 0 Å². The number of pyridine rings is 1. The van der Waals surface area contributed by atoms with Crippen molar-refractivity contribution < 1.29 is 18.3 Å². The van der Waals surface area contributed by atoms with Crippen molar-refractivity contribution in [3.05, 3.63) is 77.4 Å². The van der Waals surface area contributed by atoms with Gasteiger partial charge in [-0.15, -0.1) is 0 Å². The molecule has 1 aromatic heterocycles. The van der Waals surface area contributed by atoms with E-state index in [2.05, 4.69) is 10.3 Å². The Morgan fingerprint density at radius 3 is 2.60 bits per heavy atom. The molecule has 130 valence electrons. The minimum absolute atomic E-state index is 0.0846. The van der Waals surface area contributed by atoms with Crippen LogP contribution in [0.1, 0.15) is 16.1 Å². The minimum Gasteiger partial charge on any atom is -0.497 e. The number of ether oxygens (including phenoxy) is 1. The maximum absolute atomic E-state index is 13.9. The lowest BCUT2D eigenvalue weighted by atomic mass is 10.1. The second kappa shape index (κ2) is 7.91. The summed E-state index contributed by atoms with van der Waals surface area (Å²) in [6, 6.07) is 6.66. The van der Waals surface area contributed by atoms with Crippen molar-refractivity contribution in [2.75, 3.05) is 7.11 Å². The fourth-order valence-electron chi connectivity index (χ4n) is 1.91. The summed E-state index contributed by atoms with van der Waals surface area (Å²) in [6.45, 7) is 0. The van der Waals surface area contributed by atoms with Crippen molar-refractivity contribution in [2.45, 2.75) is 0 Å². The first-order chi connectivity index (χ1) is 11.9. The molecule has 1 amide bonds. The van der Waals surface area contributed by atoms with Crippen molar-refractivity contribution in [3.8, 4) is 5.75 Å². The molecule has 0 aliphatic rings. The molecule has 0 radical (unpaired) electrons. The van der Waals surface area contributed by atoms with Crippen LogP contribution in [-0.2, 0) is 0 Å². The number of aromatic nitrogens is 1. The number of rotatable bonds is 5. The minimum atomic E-state index is -0.811. The third-order valence-electron chi connectivity index (χ3n) is 3.16. The lowest BCUT2D eigenvalue weighted by Gasteiger charge is -2.06. The Kier molecular flexibility index (Phi) is 5.67. The molecule has 8 heteroatoms. The number of nitrogens with two attached hydrogens (primary N) is 2. The smallest absolute Gasteiger partial charge is 0.278 e. The van der Waals surface area contributed by atoms with Gasteiger partial charge in [-0.1, -0.05) is 0 Å². The third-order valence-corrected chi connectivity index (χ3v) is 3.16. The number of amides is 1. The van der Waals surface area contributed by atoms with Crippen molar-refractivity contribution in [1.29, 1.82) is 0 Å². The second-order valence-electron chi connectivity index (χ2n) is 4.88. The van der Waals surface area contributed by atoms with Crippen LogP contribution in [0.4, 0.5) is 8.78 Å². The second-order valence-corrected chi connectivity index (χ2v) is 4.88. The number of nitrogens with one attached hydrogen (secondary N) is 1. The summed E-state index contributed by atoms with van der Waals surface area (Å²) in [7, 11) is 1.42. The van der Waals surface area contributed by atoms with Crippen molar-refractivity contribution in [3.63, 3.8) is 0 Å². The summed E-state index contributed by atoms with van der Waals surface area (Å²) < 4.78 is 32.3. The van der Waals surface area contributed by atoms with Gasteiger partial charge in [0, 0.05) is 23.5 Å². The first kappa shape index (κ1) is 17.9. The van der Waals surface area contributed by atoms with E-state index in [0.717, 1.165) is 6.07 Å². The Hall–Kier alpha value is -3.42. The largest absolute Gasteiger partial charge is 0.497 e. The molecular weight excluding hydrogens is 330 g/mol. The van der Waals surface area contributed by atoms with E-state index in [1.807, 2.05) is 0 Å². The molecule has 5 N–H and O–H groups in total. The Labute approximate surface area is 142 Å². The van der Waals surface area contributed by atoms with Gasteiger partial charge in [-0.25, -0.2) is 13.8 Å². The fourth-order valence-corrected chi connectivity index (χ4v) is 1.91. The number of allylic oxidation sites excluding steroid dienone is 2. The predicted octanol–water partition coefficient (Wildman–Crippen LogP) is 1.90.